The average molecular weight is 494 g/mol. The Hall–Kier alpha value is -0.610. The van der Waals surface area contributed by atoms with Crippen LogP contribution >= 0.6 is 0 Å². The van der Waals surface area contributed by atoms with Gasteiger partial charge in [-0.15, -0.1) is 0 Å². The summed E-state index contributed by atoms with van der Waals surface area (Å²) in [5, 5.41) is 3.66. The topological polar surface area (TPSA) is 35.6 Å². The van der Waals surface area contributed by atoms with Crippen LogP contribution in [0.5, 0.6) is 0 Å². The van der Waals surface area contributed by atoms with Gasteiger partial charge in [0.2, 0.25) is 5.91 Å². The molecule has 4 nitrogen and oxygen atoms in total. The van der Waals surface area contributed by atoms with Crippen LogP contribution in [0.2, 0.25) is 0 Å². The smallest absolute Gasteiger partial charge is 0.222 e. The number of piperidine rings is 1. The molecule has 0 aromatic carbocycles. The van der Waals surface area contributed by atoms with Crippen molar-refractivity contribution in [3.8, 4) is 0 Å². The summed E-state index contributed by atoms with van der Waals surface area (Å²) in [6.07, 6.45) is 29.3. The van der Waals surface area contributed by atoms with Crippen LogP contribution in [0.15, 0.2) is 0 Å². The molecular weight excluding hydrogens is 430 g/mol. The molecule has 0 aromatic rings. The minimum atomic E-state index is 0.384. The zero-order valence-electron chi connectivity index (χ0n) is 24.3. The van der Waals surface area contributed by atoms with Crippen molar-refractivity contribution in [3.05, 3.63) is 0 Å². The molecule has 1 aliphatic rings. The molecule has 1 atom stereocenters. The second kappa shape index (κ2) is 23.8. The fourth-order valence-corrected chi connectivity index (χ4v) is 5.51. The molecule has 1 amide bonds. The Kier molecular flexibility index (Phi) is 22.0. The van der Waals surface area contributed by atoms with Crippen molar-refractivity contribution in [1.29, 1.82) is 0 Å². The molecule has 35 heavy (non-hydrogen) atoms. The first-order valence-electron chi connectivity index (χ1n) is 15.8. The van der Waals surface area contributed by atoms with Crippen molar-refractivity contribution in [1.82, 2.24) is 15.1 Å². The molecule has 0 saturated carbocycles. The van der Waals surface area contributed by atoms with Crippen LogP contribution in [-0.4, -0.2) is 62.0 Å². The van der Waals surface area contributed by atoms with E-state index in [1.165, 1.54) is 122 Å². The summed E-state index contributed by atoms with van der Waals surface area (Å²) in [6.45, 7) is 6.48. The summed E-state index contributed by atoms with van der Waals surface area (Å²) >= 11 is 0. The molecule has 0 radical (unpaired) electrons. The maximum Gasteiger partial charge on any atom is 0.222 e. The van der Waals surface area contributed by atoms with Crippen LogP contribution in [0.1, 0.15) is 148 Å². The predicted molar refractivity (Wildman–Crippen MR) is 154 cm³/mol. The van der Waals surface area contributed by atoms with Gasteiger partial charge in [-0.3, -0.25) is 4.79 Å². The van der Waals surface area contributed by atoms with E-state index in [2.05, 4.69) is 36.1 Å². The fraction of sp³-hybridized carbons (Fsp3) is 0.968. The second-order valence-electron chi connectivity index (χ2n) is 11.5. The van der Waals surface area contributed by atoms with Crippen molar-refractivity contribution < 1.29 is 4.79 Å². The van der Waals surface area contributed by atoms with Crippen molar-refractivity contribution in [2.45, 2.75) is 154 Å². The van der Waals surface area contributed by atoms with Crippen molar-refractivity contribution in [2.24, 2.45) is 0 Å². The van der Waals surface area contributed by atoms with Crippen LogP contribution in [0.3, 0.4) is 0 Å². The van der Waals surface area contributed by atoms with Gasteiger partial charge in [0.15, 0.2) is 0 Å². The number of nitrogens with one attached hydrogen (secondary N) is 1. The highest BCUT2D eigenvalue weighted by molar-refractivity contribution is 5.76. The summed E-state index contributed by atoms with van der Waals surface area (Å²) in [7, 11) is 4.17. The molecule has 1 N–H and O–H groups in total. The Bertz CT molecular complexity index is 468. The molecule has 1 aliphatic heterocycles. The van der Waals surface area contributed by atoms with Crippen molar-refractivity contribution >= 4 is 5.91 Å². The first-order chi connectivity index (χ1) is 17.1. The van der Waals surface area contributed by atoms with Gasteiger partial charge in [-0.1, -0.05) is 103 Å². The van der Waals surface area contributed by atoms with Crippen molar-refractivity contribution in [3.63, 3.8) is 0 Å². The number of nitrogens with zero attached hydrogens (tertiary/aromatic N) is 2. The summed E-state index contributed by atoms with van der Waals surface area (Å²) < 4.78 is 0. The number of carbonyl (C=O) groups excluding carboxylic acids is 1. The van der Waals surface area contributed by atoms with Gasteiger partial charge in [0.1, 0.15) is 0 Å². The number of amides is 1. The molecular formula is C31H63N3O. The Balaban J connectivity index is 1.87. The lowest BCUT2D eigenvalue weighted by Crippen LogP contribution is -2.45. The summed E-state index contributed by atoms with van der Waals surface area (Å²) in [6, 6.07) is 0.467. The van der Waals surface area contributed by atoms with Crippen LogP contribution in [0, 0.1) is 0 Å². The Morgan fingerprint density at radius 2 is 1.29 bits per heavy atom. The number of likely N-dealkylation sites (tertiary alicyclic amines) is 1. The molecule has 1 fully saturated rings. The van der Waals surface area contributed by atoms with E-state index in [1.807, 2.05) is 0 Å². The molecule has 1 rings (SSSR count). The van der Waals surface area contributed by atoms with E-state index in [4.69, 9.17) is 0 Å². The van der Waals surface area contributed by atoms with Gasteiger partial charge in [0, 0.05) is 19.0 Å². The first-order valence-corrected chi connectivity index (χ1v) is 15.8. The number of hydrogen-bond acceptors (Lipinski definition) is 3. The second-order valence-corrected chi connectivity index (χ2v) is 11.5. The largest absolute Gasteiger partial charge is 0.340 e. The zero-order chi connectivity index (χ0) is 25.4. The summed E-state index contributed by atoms with van der Waals surface area (Å²) in [5.41, 5.74) is 0. The highest BCUT2D eigenvalue weighted by Crippen LogP contribution is 2.21. The quantitative estimate of drug-likeness (QED) is 0.139. The molecule has 0 bridgehead atoms. The van der Waals surface area contributed by atoms with Gasteiger partial charge in [-0.05, 0) is 72.3 Å². The van der Waals surface area contributed by atoms with Gasteiger partial charge < -0.3 is 15.1 Å². The van der Waals surface area contributed by atoms with E-state index in [0.717, 1.165) is 39.0 Å². The van der Waals surface area contributed by atoms with E-state index < -0.39 is 0 Å². The summed E-state index contributed by atoms with van der Waals surface area (Å²) in [5.74, 6) is 0.384. The number of hydrogen-bond donors (Lipinski definition) is 1. The average Bonchev–Trinajstić information content (AvgIpc) is 2.85. The third-order valence-electron chi connectivity index (χ3n) is 7.80. The van der Waals surface area contributed by atoms with Gasteiger partial charge in [0.25, 0.3) is 0 Å². The van der Waals surface area contributed by atoms with E-state index >= 15 is 0 Å². The molecule has 1 heterocycles. The Morgan fingerprint density at radius 3 is 1.83 bits per heavy atom. The third kappa shape index (κ3) is 19.2. The number of rotatable bonds is 24. The molecule has 1 saturated heterocycles. The molecule has 1 unspecified atom stereocenters. The van der Waals surface area contributed by atoms with Crippen molar-refractivity contribution in [2.75, 3.05) is 40.3 Å². The highest BCUT2D eigenvalue weighted by Gasteiger charge is 2.25. The monoisotopic (exact) mass is 493 g/mol. The number of unbranched alkanes of at least 4 members (excludes halogenated alkanes) is 15. The molecule has 0 aliphatic carbocycles. The van der Waals surface area contributed by atoms with Gasteiger partial charge >= 0.3 is 0 Å². The first kappa shape index (κ1) is 32.4. The lowest BCUT2D eigenvalue weighted by atomic mass is 9.98. The maximum absolute atomic E-state index is 12.7. The third-order valence-corrected chi connectivity index (χ3v) is 7.80. The standard InChI is InChI=1S/C31H63N3O/c1-4-5-6-7-8-9-10-11-12-13-14-15-16-17-18-20-26-32-27-25-30-23-19-21-29-34(30)31(35)24-22-28-33(2)3/h30,32H,4-29H2,1-3H3. The predicted octanol–water partition coefficient (Wildman–Crippen LogP) is 7.95. The van der Waals surface area contributed by atoms with Crippen LogP contribution in [0.4, 0.5) is 0 Å². The zero-order valence-corrected chi connectivity index (χ0v) is 24.3. The lowest BCUT2D eigenvalue weighted by Gasteiger charge is -2.36. The Labute approximate surface area is 220 Å². The number of carbonyl (C=O) groups is 1. The van der Waals surface area contributed by atoms with E-state index in [1.54, 1.807) is 0 Å². The minimum absolute atomic E-state index is 0.384. The van der Waals surface area contributed by atoms with Gasteiger partial charge in [-0.25, -0.2) is 0 Å². The van der Waals surface area contributed by atoms with E-state index in [9.17, 15) is 4.79 Å². The van der Waals surface area contributed by atoms with Crippen LogP contribution in [-0.2, 0) is 4.79 Å². The summed E-state index contributed by atoms with van der Waals surface area (Å²) in [4.78, 5) is 17.1. The molecule has 0 spiro atoms. The van der Waals surface area contributed by atoms with Crippen LogP contribution < -0.4 is 5.32 Å². The SMILES string of the molecule is CCCCCCCCCCCCCCCCCCNCCC1CCCCN1C(=O)CCCN(C)C. The lowest BCUT2D eigenvalue weighted by molar-refractivity contribution is -0.135. The molecule has 208 valence electrons. The molecule has 4 heteroatoms. The molecule has 0 aromatic heterocycles. The Morgan fingerprint density at radius 1 is 0.743 bits per heavy atom. The fourth-order valence-electron chi connectivity index (χ4n) is 5.51. The highest BCUT2D eigenvalue weighted by atomic mass is 16.2. The van der Waals surface area contributed by atoms with Gasteiger partial charge in [0.05, 0.1) is 0 Å². The van der Waals surface area contributed by atoms with Crippen LogP contribution in [0.25, 0.3) is 0 Å². The maximum atomic E-state index is 12.7. The van der Waals surface area contributed by atoms with Gasteiger partial charge in [-0.2, -0.15) is 0 Å². The van der Waals surface area contributed by atoms with E-state index in [0.29, 0.717) is 18.4 Å². The normalized spacial score (nSPS) is 16.3. The minimum Gasteiger partial charge on any atom is -0.340 e. The van der Waals surface area contributed by atoms with E-state index in [-0.39, 0.29) is 0 Å².